The minimum Gasteiger partial charge on any atom is -0.355 e. The van der Waals surface area contributed by atoms with Crippen LogP contribution in [0.4, 0.5) is 0 Å². The number of nitrogens with zero attached hydrogens (tertiary/aromatic N) is 2. The fraction of sp³-hybridized carbons (Fsp3) is 0.769. The number of hydrogen-bond acceptors (Lipinski definition) is 3. The van der Waals surface area contributed by atoms with Gasteiger partial charge >= 0.3 is 0 Å². The summed E-state index contributed by atoms with van der Waals surface area (Å²) in [5.74, 6) is 0.538. The highest BCUT2D eigenvalue weighted by Gasteiger charge is 2.57. The molecule has 1 amide bonds. The maximum atomic E-state index is 12.1. The van der Waals surface area contributed by atoms with Gasteiger partial charge in [-0.05, 0) is 24.7 Å². The maximum Gasteiger partial charge on any atom is 0.223 e. The Morgan fingerprint density at radius 3 is 3.00 bits per heavy atom. The summed E-state index contributed by atoms with van der Waals surface area (Å²) in [7, 11) is 0. The van der Waals surface area contributed by atoms with Crippen LogP contribution >= 0.6 is 0 Å². The third-order valence-corrected chi connectivity index (χ3v) is 4.50. The third-order valence-electron chi connectivity index (χ3n) is 4.50. The van der Waals surface area contributed by atoms with Gasteiger partial charge in [-0.1, -0.05) is 19.3 Å². The highest BCUT2D eigenvalue weighted by molar-refractivity contribution is 5.82. The normalized spacial score (nSPS) is 25.0. The summed E-state index contributed by atoms with van der Waals surface area (Å²) in [6, 6.07) is 0. The van der Waals surface area contributed by atoms with Crippen molar-refractivity contribution < 1.29 is 4.79 Å². The minimum absolute atomic E-state index is 0.250. The first kappa shape index (κ1) is 11.7. The highest BCUT2D eigenvalue weighted by atomic mass is 16.2. The van der Waals surface area contributed by atoms with Crippen LogP contribution in [0.3, 0.4) is 0 Å². The van der Waals surface area contributed by atoms with Crippen molar-refractivity contribution in [2.45, 2.75) is 44.9 Å². The van der Waals surface area contributed by atoms with Crippen molar-refractivity contribution in [3.63, 3.8) is 0 Å². The molecule has 0 saturated heterocycles. The first-order valence-corrected chi connectivity index (χ1v) is 6.93. The number of aromatic nitrogens is 3. The van der Waals surface area contributed by atoms with E-state index in [0.717, 1.165) is 18.5 Å². The van der Waals surface area contributed by atoms with E-state index in [0.29, 0.717) is 12.0 Å². The average molecular weight is 248 g/mol. The summed E-state index contributed by atoms with van der Waals surface area (Å²) in [4.78, 5) is 12.1. The van der Waals surface area contributed by atoms with E-state index in [1.165, 1.54) is 32.1 Å². The van der Waals surface area contributed by atoms with Crippen molar-refractivity contribution in [1.29, 1.82) is 0 Å². The fourth-order valence-electron chi connectivity index (χ4n) is 3.31. The molecule has 1 aromatic rings. The predicted octanol–water partition coefficient (Wildman–Crippen LogP) is 1.43. The molecular formula is C13H20N4O. The SMILES string of the molecule is O=C(NCCc1cn[nH]n1)[C@@H]1CC12CCCCC2. The van der Waals surface area contributed by atoms with Gasteiger partial charge in [-0.15, -0.1) is 0 Å². The molecule has 1 heterocycles. The number of hydrogen-bond donors (Lipinski definition) is 2. The van der Waals surface area contributed by atoms with Crippen molar-refractivity contribution in [1.82, 2.24) is 20.7 Å². The first-order valence-electron chi connectivity index (χ1n) is 6.93. The Balaban J connectivity index is 1.43. The van der Waals surface area contributed by atoms with Crippen molar-refractivity contribution in [2.75, 3.05) is 6.54 Å². The second-order valence-corrected chi connectivity index (χ2v) is 5.68. The van der Waals surface area contributed by atoms with E-state index >= 15 is 0 Å². The second-order valence-electron chi connectivity index (χ2n) is 5.68. The fourth-order valence-corrected chi connectivity index (χ4v) is 3.31. The molecule has 5 heteroatoms. The van der Waals surface area contributed by atoms with Gasteiger partial charge in [0.2, 0.25) is 5.91 Å². The summed E-state index contributed by atoms with van der Waals surface area (Å²) >= 11 is 0. The third kappa shape index (κ3) is 2.26. The van der Waals surface area contributed by atoms with Gasteiger partial charge in [0, 0.05) is 18.9 Å². The van der Waals surface area contributed by atoms with Gasteiger partial charge in [0.05, 0.1) is 11.9 Å². The Labute approximate surface area is 107 Å². The monoisotopic (exact) mass is 248 g/mol. The van der Waals surface area contributed by atoms with Crippen LogP contribution in [0, 0.1) is 11.3 Å². The molecule has 0 bridgehead atoms. The number of amides is 1. The predicted molar refractivity (Wildman–Crippen MR) is 66.7 cm³/mol. The summed E-state index contributed by atoms with van der Waals surface area (Å²) in [5.41, 5.74) is 1.29. The quantitative estimate of drug-likeness (QED) is 0.847. The Morgan fingerprint density at radius 1 is 1.44 bits per heavy atom. The number of rotatable bonds is 4. The number of carbonyl (C=O) groups excluding carboxylic acids is 1. The Morgan fingerprint density at radius 2 is 2.28 bits per heavy atom. The lowest BCUT2D eigenvalue weighted by Gasteiger charge is -2.22. The zero-order chi connectivity index (χ0) is 12.4. The van der Waals surface area contributed by atoms with E-state index in [1.807, 2.05) is 0 Å². The van der Waals surface area contributed by atoms with Crippen molar-refractivity contribution in [3.05, 3.63) is 11.9 Å². The molecule has 2 saturated carbocycles. The number of H-pyrrole nitrogens is 1. The van der Waals surface area contributed by atoms with Gasteiger partial charge in [-0.25, -0.2) is 0 Å². The average Bonchev–Trinajstić information content (AvgIpc) is 2.85. The molecule has 0 unspecified atom stereocenters. The summed E-state index contributed by atoms with van der Waals surface area (Å²) in [6.45, 7) is 0.665. The topological polar surface area (TPSA) is 70.7 Å². The van der Waals surface area contributed by atoms with E-state index in [2.05, 4.69) is 20.7 Å². The number of nitrogens with one attached hydrogen (secondary N) is 2. The molecule has 0 aliphatic heterocycles. The van der Waals surface area contributed by atoms with E-state index in [1.54, 1.807) is 6.20 Å². The molecule has 18 heavy (non-hydrogen) atoms. The molecule has 0 radical (unpaired) electrons. The molecule has 5 nitrogen and oxygen atoms in total. The van der Waals surface area contributed by atoms with Crippen LogP contribution in [0.25, 0.3) is 0 Å². The van der Waals surface area contributed by atoms with Gasteiger partial charge in [0.1, 0.15) is 0 Å². The van der Waals surface area contributed by atoms with Gasteiger partial charge in [0.25, 0.3) is 0 Å². The molecule has 3 rings (SSSR count). The van der Waals surface area contributed by atoms with Crippen LogP contribution in [-0.4, -0.2) is 27.9 Å². The Hall–Kier alpha value is -1.39. The molecule has 1 atom stereocenters. The van der Waals surface area contributed by atoms with E-state index < -0.39 is 0 Å². The zero-order valence-electron chi connectivity index (χ0n) is 10.6. The van der Waals surface area contributed by atoms with Crippen molar-refractivity contribution in [2.24, 2.45) is 11.3 Å². The van der Waals surface area contributed by atoms with Crippen LogP contribution in [-0.2, 0) is 11.2 Å². The van der Waals surface area contributed by atoms with Gasteiger partial charge in [0.15, 0.2) is 0 Å². The van der Waals surface area contributed by atoms with Crippen LogP contribution in [0.5, 0.6) is 0 Å². The van der Waals surface area contributed by atoms with Crippen LogP contribution in [0.2, 0.25) is 0 Å². The second kappa shape index (κ2) is 4.71. The molecule has 98 valence electrons. The Bertz CT molecular complexity index is 409. The molecule has 1 spiro atoms. The van der Waals surface area contributed by atoms with Gasteiger partial charge in [-0.2, -0.15) is 15.4 Å². The number of carbonyl (C=O) groups is 1. The lowest BCUT2D eigenvalue weighted by atomic mass is 9.84. The lowest BCUT2D eigenvalue weighted by Crippen LogP contribution is -2.29. The number of aromatic amines is 1. The van der Waals surface area contributed by atoms with Crippen molar-refractivity contribution in [3.8, 4) is 0 Å². The summed E-state index contributed by atoms with van der Waals surface area (Å²) in [6.07, 6.45) is 10.0. The van der Waals surface area contributed by atoms with E-state index in [4.69, 9.17) is 0 Å². The standard InChI is InChI=1S/C13H20N4O/c18-12(14-7-4-10-9-15-17-16-10)11-8-13(11)5-2-1-3-6-13/h9,11H,1-8H2,(H,14,18)(H,15,16,17)/t11-/m0/s1. The Kier molecular flexibility index (Phi) is 3.06. The molecule has 2 aliphatic rings. The van der Waals surface area contributed by atoms with Crippen LogP contribution in [0.15, 0.2) is 6.20 Å². The largest absolute Gasteiger partial charge is 0.355 e. The first-order chi connectivity index (χ1) is 8.80. The molecule has 1 aromatic heterocycles. The van der Waals surface area contributed by atoms with Crippen LogP contribution in [0.1, 0.15) is 44.2 Å². The summed E-state index contributed by atoms with van der Waals surface area (Å²) in [5, 5.41) is 13.3. The van der Waals surface area contributed by atoms with Crippen LogP contribution < -0.4 is 5.32 Å². The van der Waals surface area contributed by atoms with E-state index in [9.17, 15) is 4.79 Å². The van der Waals surface area contributed by atoms with Gasteiger partial charge < -0.3 is 5.32 Å². The molecule has 2 aliphatic carbocycles. The van der Waals surface area contributed by atoms with Crippen molar-refractivity contribution >= 4 is 5.91 Å². The molecule has 2 N–H and O–H groups in total. The maximum absolute atomic E-state index is 12.1. The minimum atomic E-state index is 0.250. The smallest absolute Gasteiger partial charge is 0.223 e. The zero-order valence-corrected chi connectivity index (χ0v) is 10.6. The highest BCUT2D eigenvalue weighted by Crippen LogP contribution is 2.61. The van der Waals surface area contributed by atoms with Gasteiger partial charge in [-0.3, -0.25) is 4.79 Å². The summed E-state index contributed by atoms with van der Waals surface area (Å²) < 4.78 is 0. The molecule has 0 aromatic carbocycles. The molecular weight excluding hydrogens is 228 g/mol. The lowest BCUT2D eigenvalue weighted by molar-refractivity contribution is -0.123. The molecule has 2 fully saturated rings. The van der Waals surface area contributed by atoms with E-state index in [-0.39, 0.29) is 11.8 Å².